The van der Waals surface area contributed by atoms with Crippen LogP contribution in [0.5, 0.6) is 0 Å². The Hall–Kier alpha value is -1.55. The SMILES string of the molecule is Cc1cc(C(=O)O)ccc1NC1(CO)CCCC1. The molecule has 1 saturated carbocycles. The fourth-order valence-corrected chi connectivity index (χ4v) is 2.60. The molecule has 18 heavy (non-hydrogen) atoms. The van der Waals surface area contributed by atoms with Crippen molar-refractivity contribution in [2.45, 2.75) is 38.1 Å². The minimum Gasteiger partial charge on any atom is -0.478 e. The van der Waals surface area contributed by atoms with E-state index in [1.165, 1.54) is 0 Å². The maximum atomic E-state index is 10.9. The lowest BCUT2D eigenvalue weighted by Crippen LogP contribution is -2.39. The first-order valence-corrected chi connectivity index (χ1v) is 6.29. The fraction of sp³-hybridized carbons (Fsp3) is 0.500. The average molecular weight is 249 g/mol. The van der Waals surface area contributed by atoms with Gasteiger partial charge in [0.15, 0.2) is 0 Å². The van der Waals surface area contributed by atoms with Crippen LogP contribution >= 0.6 is 0 Å². The number of hydrogen-bond donors (Lipinski definition) is 3. The number of anilines is 1. The predicted octanol–water partition coefficient (Wildman–Crippen LogP) is 2.41. The van der Waals surface area contributed by atoms with Gasteiger partial charge in [0.2, 0.25) is 0 Å². The van der Waals surface area contributed by atoms with Gasteiger partial charge in [-0.15, -0.1) is 0 Å². The van der Waals surface area contributed by atoms with E-state index in [0.717, 1.165) is 36.9 Å². The first-order chi connectivity index (χ1) is 8.56. The normalized spacial score (nSPS) is 17.7. The summed E-state index contributed by atoms with van der Waals surface area (Å²) in [5.41, 5.74) is 1.88. The lowest BCUT2D eigenvalue weighted by Gasteiger charge is -2.30. The molecule has 0 amide bonds. The number of aryl methyl sites for hydroxylation is 1. The van der Waals surface area contributed by atoms with Crippen molar-refractivity contribution >= 4 is 11.7 Å². The van der Waals surface area contributed by atoms with E-state index in [9.17, 15) is 9.90 Å². The quantitative estimate of drug-likeness (QED) is 0.766. The van der Waals surface area contributed by atoms with Gasteiger partial charge in [-0.05, 0) is 43.5 Å². The number of rotatable bonds is 4. The highest BCUT2D eigenvalue weighted by Gasteiger charge is 2.33. The zero-order valence-corrected chi connectivity index (χ0v) is 10.6. The molecule has 4 heteroatoms. The molecule has 0 aliphatic heterocycles. The van der Waals surface area contributed by atoms with Gasteiger partial charge in [-0.1, -0.05) is 12.8 Å². The molecule has 98 valence electrons. The Balaban J connectivity index is 2.21. The molecule has 0 unspecified atom stereocenters. The molecule has 1 aromatic rings. The molecule has 0 atom stereocenters. The minimum absolute atomic E-state index is 0.118. The second-order valence-corrected chi connectivity index (χ2v) is 5.11. The number of aromatic carboxylic acids is 1. The zero-order chi connectivity index (χ0) is 13.2. The summed E-state index contributed by atoms with van der Waals surface area (Å²) in [6.45, 7) is 2.00. The molecule has 0 spiro atoms. The molecular formula is C14H19NO3. The Kier molecular flexibility index (Phi) is 3.57. The predicted molar refractivity (Wildman–Crippen MR) is 70.0 cm³/mol. The van der Waals surface area contributed by atoms with Gasteiger partial charge in [0, 0.05) is 5.69 Å². The third-order valence-electron chi connectivity index (χ3n) is 3.74. The van der Waals surface area contributed by atoms with Crippen molar-refractivity contribution in [2.75, 3.05) is 11.9 Å². The van der Waals surface area contributed by atoms with Gasteiger partial charge >= 0.3 is 5.97 Å². The third-order valence-corrected chi connectivity index (χ3v) is 3.74. The van der Waals surface area contributed by atoms with E-state index < -0.39 is 5.97 Å². The highest BCUT2D eigenvalue weighted by molar-refractivity contribution is 5.88. The number of benzene rings is 1. The second-order valence-electron chi connectivity index (χ2n) is 5.11. The van der Waals surface area contributed by atoms with Gasteiger partial charge in [-0.2, -0.15) is 0 Å². The number of aliphatic hydroxyl groups excluding tert-OH is 1. The van der Waals surface area contributed by atoms with E-state index in [1.807, 2.05) is 6.92 Å². The maximum absolute atomic E-state index is 10.9. The molecule has 3 N–H and O–H groups in total. The van der Waals surface area contributed by atoms with E-state index in [0.29, 0.717) is 5.56 Å². The van der Waals surface area contributed by atoms with E-state index in [-0.39, 0.29) is 12.1 Å². The fourth-order valence-electron chi connectivity index (χ4n) is 2.60. The summed E-state index contributed by atoms with van der Waals surface area (Å²) in [4.78, 5) is 10.9. The smallest absolute Gasteiger partial charge is 0.335 e. The molecule has 4 nitrogen and oxygen atoms in total. The summed E-state index contributed by atoms with van der Waals surface area (Å²) in [5, 5.41) is 21.9. The standard InChI is InChI=1S/C14H19NO3/c1-10-8-11(13(17)18)4-5-12(10)15-14(9-16)6-2-3-7-14/h4-5,8,15-16H,2-3,6-7,9H2,1H3,(H,17,18). The van der Waals surface area contributed by atoms with Crippen molar-refractivity contribution in [2.24, 2.45) is 0 Å². The minimum atomic E-state index is -0.914. The molecule has 0 heterocycles. The van der Waals surface area contributed by atoms with E-state index in [1.54, 1.807) is 18.2 Å². The molecule has 1 aliphatic carbocycles. The first kappa shape index (κ1) is 12.9. The van der Waals surface area contributed by atoms with Crippen molar-refractivity contribution in [1.82, 2.24) is 0 Å². The summed E-state index contributed by atoms with van der Waals surface area (Å²) in [7, 11) is 0. The van der Waals surface area contributed by atoms with Crippen LogP contribution in [0.2, 0.25) is 0 Å². The summed E-state index contributed by atoms with van der Waals surface area (Å²) in [5.74, 6) is -0.914. The molecule has 2 rings (SSSR count). The number of carbonyl (C=O) groups is 1. The van der Waals surface area contributed by atoms with Crippen molar-refractivity contribution in [3.63, 3.8) is 0 Å². The molecule has 0 saturated heterocycles. The summed E-state index contributed by atoms with van der Waals surface area (Å²) in [6.07, 6.45) is 4.17. The van der Waals surface area contributed by atoms with Gasteiger partial charge < -0.3 is 15.5 Å². The number of hydrogen-bond acceptors (Lipinski definition) is 3. The first-order valence-electron chi connectivity index (χ1n) is 6.29. The highest BCUT2D eigenvalue weighted by Crippen LogP contribution is 2.33. The topological polar surface area (TPSA) is 69.6 Å². The lowest BCUT2D eigenvalue weighted by atomic mass is 9.97. The van der Waals surface area contributed by atoms with Gasteiger partial charge in [0.1, 0.15) is 0 Å². The summed E-state index contributed by atoms with van der Waals surface area (Å²) < 4.78 is 0. The molecule has 1 aliphatic rings. The third kappa shape index (κ3) is 2.48. The van der Waals surface area contributed by atoms with Crippen molar-refractivity contribution in [1.29, 1.82) is 0 Å². The molecule has 1 aromatic carbocycles. The van der Waals surface area contributed by atoms with Crippen LogP contribution < -0.4 is 5.32 Å². The molecule has 1 fully saturated rings. The molecule has 0 aromatic heterocycles. The zero-order valence-electron chi connectivity index (χ0n) is 10.6. The molecule has 0 bridgehead atoms. The van der Waals surface area contributed by atoms with Gasteiger partial charge in [0.05, 0.1) is 17.7 Å². The van der Waals surface area contributed by atoms with Gasteiger partial charge in [-0.3, -0.25) is 0 Å². The molecule has 0 radical (unpaired) electrons. The number of carboxylic acids is 1. The summed E-state index contributed by atoms with van der Waals surface area (Å²) >= 11 is 0. The van der Waals surface area contributed by atoms with Gasteiger partial charge in [0.25, 0.3) is 0 Å². The highest BCUT2D eigenvalue weighted by atomic mass is 16.4. The maximum Gasteiger partial charge on any atom is 0.335 e. The van der Waals surface area contributed by atoms with Crippen LogP contribution in [0.3, 0.4) is 0 Å². The van der Waals surface area contributed by atoms with Crippen LogP contribution in [0.1, 0.15) is 41.6 Å². The Morgan fingerprint density at radius 3 is 2.56 bits per heavy atom. The number of nitrogens with one attached hydrogen (secondary N) is 1. The van der Waals surface area contributed by atoms with Crippen molar-refractivity contribution in [3.8, 4) is 0 Å². The monoisotopic (exact) mass is 249 g/mol. The second kappa shape index (κ2) is 4.98. The van der Waals surface area contributed by atoms with Crippen LogP contribution in [-0.4, -0.2) is 28.3 Å². The average Bonchev–Trinajstić information content (AvgIpc) is 2.81. The molecular weight excluding hydrogens is 230 g/mol. The van der Waals surface area contributed by atoms with Gasteiger partial charge in [-0.25, -0.2) is 4.79 Å². The Morgan fingerprint density at radius 1 is 1.39 bits per heavy atom. The van der Waals surface area contributed by atoms with Crippen LogP contribution in [0.15, 0.2) is 18.2 Å². The lowest BCUT2D eigenvalue weighted by molar-refractivity contribution is 0.0697. The van der Waals surface area contributed by atoms with Crippen LogP contribution in [0, 0.1) is 6.92 Å². The Morgan fingerprint density at radius 2 is 2.06 bits per heavy atom. The van der Waals surface area contributed by atoms with Crippen LogP contribution in [-0.2, 0) is 0 Å². The van der Waals surface area contributed by atoms with E-state index in [2.05, 4.69) is 5.32 Å². The largest absolute Gasteiger partial charge is 0.478 e. The van der Waals surface area contributed by atoms with Crippen molar-refractivity contribution in [3.05, 3.63) is 29.3 Å². The number of aliphatic hydroxyl groups is 1. The Labute approximate surface area is 107 Å². The van der Waals surface area contributed by atoms with E-state index in [4.69, 9.17) is 5.11 Å². The van der Waals surface area contributed by atoms with Crippen molar-refractivity contribution < 1.29 is 15.0 Å². The van der Waals surface area contributed by atoms with Crippen LogP contribution in [0.25, 0.3) is 0 Å². The summed E-state index contributed by atoms with van der Waals surface area (Å²) in [6, 6.07) is 5.04. The Bertz CT molecular complexity index is 450. The number of carboxylic acid groups (broad SMARTS) is 1. The van der Waals surface area contributed by atoms with E-state index >= 15 is 0 Å². The van der Waals surface area contributed by atoms with Crippen LogP contribution in [0.4, 0.5) is 5.69 Å².